The number of amides is 1. The van der Waals surface area contributed by atoms with Gasteiger partial charge >= 0.3 is 0 Å². The first-order chi connectivity index (χ1) is 10.1. The van der Waals surface area contributed by atoms with Gasteiger partial charge in [-0.1, -0.05) is 11.8 Å². The van der Waals surface area contributed by atoms with Crippen LogP contribution in [0.1, 0.15) is 32.2 Å². The molecule has 5 heteroatoms. The molecule has 0 saturated carbocycles. The van der Waals surface area contributed by atoms with Crippen molar-refractivity contribution in [2.24, 2.45) is 5.73 Å². The highest BCUT2D eigenvalue weighted by atomic mass is 32.1. The average molecular weight is 299 g/mol. The Labute approximate surface area is 128 Å². The Kier molecular flexibility index (Phi) is 5.09. The summed E-state index contributed by atoms with van der Waals surface area (Å²) in [5.74, 6) is 5.69. The van der Waals surface area contributed by atoms with E-state index in [2.05, 4.69) is 22.1 Å². The molecule has 0 saturated heterocycles. The number of nitrogens with two attached hydrogens (primary N) is 1. The Bertz CT molecular complexity index is 710. The molecule has 21 heavy (non-hydrogen) atoms. The second-order valence-electron chi connectivity index (χ2n) is 4.60. The van der Waals surface area contributed by atoms with E-state index < -0.39 is 0 Å². The van der Waals surface area contributed by atoms with Gasteiger partial charge in [0.25, 0.3) is 5.91 Å². The number of hydrogen-bond acceptors (Lipinski definition) is 4. The summed E-state index contributed by atoms with van der Waals surface area (Å²) in [6.07, 6.45) is 0. The number of carbonyl (C=O) groups excluding carboxylic acids is 1. The monoisotopic (exact) mass is 299 g/mol. The van der Waals surface area contributed by atoms with Crippen molar-refractivity contribution in [1.82, 2.24) is 10.3 Å². The number of thiazole rings is 1. The van der Waals surface area contributed by atoms with Gasteiger partial charge in [-0.15, -0.1) is 11.3 Å². The minimum atomic E-state index is -0.107. The standard InChI is InChI=1S/C16H17N3OS/c1-11-8-14(6-5-13(11)4-3-7-17)16(20)18-9-15-19-12(2)10-21-15/h5-6,8,10H,7,9,17H2,1-2H3,(H,18,20). The number of benzene rings is 1. The van der Waals surface area contributed by atoms with Crippen LogP contribution in [0.4, 0.5) is 0 Å². The van der Waals surface area contributed by atoms with Crippen molar-refractivity contribution in [3.63, 3.8) is 0 Å². The van der Waals surface area contributed by atoms with Crippen LogP contribution >= 0.6 is 11.3 Å². The molecule has 2 aromatic rings. The molecule has 0 aliphatic carbocycles. The maximum atomic E-state index is 12.1. The van der Waals surface area contributed by atoms with Crippen LogP contribution < -0.4 is 11.1 Å². The lowest BCUT2D eigenvalue weighted by molar-refractivity contribution is 0.0951. The van der Waals surface area contributed by atoms with Gasteiger partial charge in [0.15, 0.2) is 0 Å². The highest BCUT2D eigenvalue weighted by molar-refractivity contribution is 7.09. The molecule has 108 valence electrons. The summed E-state index contributed by atoms with van der Waals surface area (Å²) in [7, 11) is 0. The molecule has 0 bridgehead atoms. The van der Waals surface area contributed by atoms with Gasteiger partial charge in [-0.25, -0.2) is 4.98 Å². The van der Waals surface area contributed by atoms with Gasteiger partial charge in [0.2, 0.25) is 0 Å². The summed E-state index contributed by atoms with van der Waals surface area (Å²) in [4.78, 5) is 16.4. The molecular formula is C16H17N3OS. The number of aryl methyl sites for hydroxylation is 2. The van der Waals surface area contributed by atoms with Crippen LogP contribution in [0, 0.1) is 25.7 Å². The van der Waals surface area contributed by atoms with Gasteiger partial charge < -0.3 is 11.1 Å². The fraction of sp³-hybridized carbons (Fsp3) is 0.250. The fourth-order valence-electron chi connectivity index (χ4n) is 1.83. The second-order valence-corrected chi connectivity index (χ2v) is 5.54. The zero-order chi connectivity index (χ0) is 15.2. The van der Waals surface area contributed by atoms with Crippen molar-refractivity contribution in [2.75, 3.05) is 6.54 Å². The van der Waals surface area contributed by atoms with E-state index >= 15 is 0 Å². The van der Waals surface area contributed by atoms with E-state index in [0.29, 0.717) is 18.7 Å². The molecule has 1 amide bonds. The average Bonchev–Trinajstić information content (AvgIpc) is 2.89. The summed E-state index contributed by atoms with van der Waals surface area (Å²) < 4.78 is 0. The van der Waals surface area contributed by atoms with Gasteiger partial charge in [0.05, 0.1) is 13.1 Å². The first-order valence-electron chi connectivity index (χ1n) is 6.59. The molecule has 0 fully saturated rings. The summed E-state index contributed by atoms with van der Waals surface area (Å²) in [6.45, 7) is 4.65. The minimum Gasteiger partial charge on any atom is -0.346 e. The smallest absolute Gasteiger partial charge is 0.251 e. The summed E-state index contributed by atoms with van der Waals surface area (Å²) in [5.41, 5.74) is 8.82. The Morgan fingerprint density at radius 3 is 2.86 bits per heavy atom. The first-order valence-corrected chi connectivity index (χ1v) is 7.47. The van der Waals surface area contributed by atoms with Crippen LogP contribution in [0.2, 0.25) is 0 Å². The maximum absolute atomic E-state index is 12.1. The predicted octanol–water partition coefficient (Wildman–Crippen LogP) is 2.00. The Morgan fingerprint density at radius 2 is 2.24 bits per heavy atom. The topological polar surface area (TPSA) is 68.0 Å². The van der Waals surface area contributed by atoms with E-state index in [4.69, 9.17) is 5.73 Å². The van der Waals surface area contributed by atoms with Gasteiger partial charge in [-0.05, 0) is 37.6 Å². The molecule has 0 spiro atoms. The zero-order valence-corrected chi connectivity index (χ0v) is 12.9. The summed E-state index contributed by atoms with van der Waals surface area (Å²) in [5, 5.41) is 5.75. The molecule has 1 aromatic heterocycles. The maximum Gasteiger partial charge on any atom is 0.251 e. The Hall–Kier alpha value is -2.16. The van der Waals surface area contributed by atoms with Gasteiger partial charge in [0, 0.05) is 22.2 Å². The lowest BCUT2D eigenvalue weighted by Gasteiger charge is -2.05. The van der Waals surface area contributed by atoms with Crippen molar-refractivity contribution in [3.05, 3.63) is 51.0 Å². The number of nitrogens with zero attached hydrogens (tertiary/aromatic N) is 1. The molecule has 4 nitrogen and oxygen atoms in total. The third-order valence-corrected chi connectivity index (χ3v) is 3.85. The van der Waals surface area contributed by atoms with Gasteiger partial charge in [-0.2, -0.15) is 0 Å². The lowest BCUT2D eigenvalue weighted by atomic mass is 10.0. The summed E-state index contributed by atoms with van der Waals surface area (Å²) in [6, 6.07) is 5.46. The van der Waals surface area contributed by atoms with E-state index in [0.717, 1.165) is 21.8 Å². The van der Waals surface area contributed by atoms with Crippen LogP contribution in [0.15, 0.2) is 23.6 Å². The van der Waals surface area contributed by atoms with Crippen molar-refractivity contribution in [3.8, 4) is 11.8 Å². The number of rotatable bonds is 3. The predicted molar refractivity (Wildman–Crippen MR) is 85.1 cm³/mol. The highest BCUT2D eigenvalue weighted by Gasteiger charge is 2.08. The molecule has 0 aliphatic rings. The van der Waals surface area contributed by atoms with Crippen LogP contribution in [0.3, 0.4) is 0 Å². The fourth-order valence-corrected chi connectivity index (χ4v) is 2.54. The number of carbonyl (C=O) groups is 1. The molecule has 0 aliphatic heterocycles. The van der Waals surface area contributed by atoms with E-state index in [1.165, 1.54) is 0 Å². The Balaban J connectivity index is 2.04. The van der Waals surface area contributed by atoms with Crippen LogP contribution in [-0.2, 0) is 6.54 Å². The van der Waals surface area contributed by atoms with E-state index in [-0.39, 0.29) is 5.91 Å². The zero-order valence-electron chi connectivity index (χ0n) is 12.1. The normalized spacial score (nSPS) is 9.86. The van der Waals surface area contributed by atoms with Crippen molar-refractivity contribution in [1.29, 1.82) is 0 Å². The summed E-state index contributed by atoms with van der Waals surface area (Å²) >= 11 is 1.55. The lowest BCUT2D eigenvalue weighted by Crippen LogP contribution is -2.22. The van der Waals surface area contributed by atoms with Gasteiger partial charge in [-0.3, -0.25) is 4.79 Å². The molecule has 2 rings (SSSR count). The van der Waals surface area contributed by atoms with E-state index in [1.807, 2.05) is 31.4 Å². The van der Waals surface area contributed by atoms with Crippen LogP contribution in [0.25, 0.3) is 0 Å². The number of nitrogens with one attached hydrogen (secondary N) is 1. The van der Waals surface area contributed by atoms with Crippen molar-refractivity contribution < 1.29 is 4.79 Å². The third kappa shape index (κ3) is 4.15. The van der Waals surface area contributed by atoms with Crippen molar-refractivity contribution in [2.45, 2.75) is 20.4 Å². The molecule has 3 N–H and O–H groups in total. The largest absolute Gasteiger partial charge is 0.346 e. The first kappa shape index (κ1) is 15.2. The Morgan fingerprint density at radius 1 is 1.43 bits per heavy atom. The minimum absolute atomic E-state index is 0.107. The molecular weight excluding hydrogens is 282 g/mol. The molecule has 1 aromatic carbocycles. The number of aromatic nitrogens is 1. The van der Waals surface area contributed by atoms with Crippen LogP contribution in [-0.4, -0.2) is 17.4 Å². The number of hydrogen-bond donors (Lipinski definition) is 2. The molecule has 0 radical (unpaired) electrons. The van der Waals surface area contributed by atoms with Crippen LogP contribution in [0.5, 0.6) is 0 Å². The highest BCUT2D eigenvalue weighted by Crippen LogP contribution is 2.11. The van der Waals surface area contributed by atoms with E-state index in [1.54, 1.807) is 17.4 Å². The third-order valence-electron chi connectivity index (χ3n) is 2.88. The van der Waals surface area contributed by atoms with Gasteiger partial charge in [0.1, 0.15) is 5.01 Å². The quantitative estimate of drug-likeness (QED) is 0.852. The molecule has 1 heterocycles. The SMILES string of the molecule is Cc1csc(CNC(=O)c2ccc(C#CCN)c(C)c2)n1. The molecule has 0 unspecified atom stereocenters. The second kappa shape index (κ2) is 7.02. The molecule has 0 atom stereocenters. The van der Waals surface area contributed by atoms with E-state index in [9.17, 15) is 4.79 Å². The van der Waals surface area contributed by atoms with Crippen molar-refractivity contribution >= 4 is 17.2 Å².